The number of hydrogen-bond donors (Lipinski definition) is 3. The number of guanidine groups is 1. The average Bonchev–Trinajstić information content (AvgIpc) is 2.96. The number of rotatable bonds is 4. The topological polar surface area (TPSA) is 81.7 Å². The van der Waals surface area contributed by atoms with Gasteiger partial charge in [-0.05, 0) is 18.9 Å². The molecule has 2 fully saturated rings. The molecule has 150 valence electrons. The molecule has 7 nitrogen and oxygen atoms in total. The monoisotopic (exact) mass is 526 g/mol. The lowest BCUT2D eigenvalue weighted by Crippen LogP contribution is -2.51. The van der Waals surface area contributed by atoms with E-state index < -0.39 is 0 Å². The van der Waals surface area contributed by atoms with Crippen LogP contribution in [0.3, 0.4) is 0 Å². The van der Waals surface area contributed by atoms with E-state index in [1.165, 1.54) is 0 Å². The van der Waals surface area contributed by atoms with Crippen molar-refractivity contribution in [2.75, 3.05) is 45.1 Å². The highest BCUT2D eigenvalue weighted by atomic mass is 127. The van der Waals surface area contributed by atoms with Crippen LogP contribution in [-0.2, 0) is 4.79 Å². The summed E-state index contributed by atoms with van der Waals surface area (Å²) in [6.07, 6.45) is 4.33. The summed E-state index contributed by atoms with van der Waals surface area (Å²) in [5.74, 6) is 1.63. The van der Waals surface area contributed by atoms with E-state index >= 15 is 0 Å². The molecule has 27 heavy (non-hydrogen) atoms. The second-order valence-electron chi connectivity index (χ2n) is 6.86. The Morgan fingerprint density at radius 1 is 1.44 bits per heavy atom. The van der Waals surface area contributed by atoms with Crippen molar-refractivity contribution in [1.29, 1.82) is 0 Å². The molecular formula is C17H25Cl2IN6O. The summed E-state index contributed by atoms with van der Waals surface area (Å²) in [5.41, 5.74) is 0.0476. The molecule has 1 spiro atoms. The third-order valence-electron chi connectivity index (χ3n) is 4.88. The van der Waals surface area contributed by atoms with E-state index in [1.807, 2.05) is 0 Å². The van der Waals surface area contributed by atoms with Crippen LogP contribution in [-0.4, -0.2) is 61.5 Å². The lowest BCUT2D eigenvalue weighted by Gasteiger charge is -2.40. The van der Waals surface area contributed by atoms with Gasteiger partial charge in [0.15, 0.2) is 5.96 Å². The van der Waals surface area contributed by atoms with E-state index in [0.29, 0.717) is 35.4 Å². The molecule has 0 aromatic carbocycles. The molecule has 2 aliphatic rings. The zero-order chi connectivity index (χ0) is 18.6. The van der Waals surface area contributed by atoms with E-state index in [0.717, 1.165) is 38.4 Å². The first-order chi connectivity index (χ1) is 12.5. The molecule has 0 aliphatic carbocycles. The number of anilines is 1. The minimum atomic E-state index is 0. The molecule has 2 saturated heterocycles. The van der Waals surface area contributed by atoms with Crippen molar-refractivity contribution in [3.63, 3.8) is 0 Å². The predicted molar refractivity (Wildman–Crippen MR) is 120 cm³/mol. The summed E-state index contributed by atoms with van der Waals surface area (Å²) in [6, 6.07) is 1.66. The van der Waals surface area contributed by atoms with Crippen molar-refractivity contribution in [3.8, 4) is 0 Å². The zero-order valence-electron chi connectivity index (χ0n) is 15.2. The van der Waals surface area contributed by atoms with Crippen molar-refractivity contribution in [2.45, 2.75) is 19.3 Å². The first kappa shape index (κ1) is 22.3. The van der Waals surface area contributed by atoms with Gasteiger partial charge >= 0.3 is 0 Å². The minimum absolute atomic E-state index is 0. The number of hydrogen-bond acceptors (Lipinski definition) is 4. The van der Waals surface area contributed by atoms with E-state index in [-0.39, 0.29) is 35.3 Å². The van der Waals surface area contributed by atoms with Crippen LogP contribution in [0.25, 0.3) is 0 Å². The highest BCUT2D eigenvalue weighted by Crippen LogP contribution is 2.35. The van der Waals surface area contributed by atoms with Gasteiger partial charge in [-0.2, -0.15) is 0 Å². The van der Waals surface area contributed by atoms with Gasteiger partial charge in [0, 0.05) is 57.8 Å². The van der Waals surface area contributed by atoms with Gasteiger partial charge in [0.25, 0.3) is 0 Å². The summed E-state index contributed by atoms with van der Waals surface area (Å²) in [6.45, 7) is 3.89. The molecule has 1 atom stereocenters. The third-order valence-corrected chi connectivity index (χ3v) is 5.37. The van der Waals surface area contributed by atoms with Crippen molar-refractivity contribution in [1.82, 2.24) is 20.5 Å². The average molecular weight is 527 g/mol. The van der Waals surface area contributed by atoms with Gasteiger partial charge in [0.05, 0.1) is 10.0 Å². The van der Waals surface area contributed by atoms with Gasteiger partial charge in [-0.3, -0.25) is 9.79 Å². The zero-order valence-corrected chi connectivity index (χ0v) is 19.1. The first-order valence-corrected chi connectivity index (χ1v) is 9.54. The maximum absolute atomic E-state index is 11.6. The molecule has 3 rings (SSSR count). The van der Waals surface area contributed by atoms with Crippen LogP contribution in [0.1, 0.15) is 19.3 Å². The van der Waals surface area contributed by atoms with E-state index in [2.05, 4.69) is 30.8 Å². The maximum atomic E-state index is 11.6. The number of amides is 1. The number of nitrogens with one attached hydrogen (secondary N) is 3. The third kappa shape index (κ3) is 5.74. The fraction of sp³-hybridized carbons (Fsp3) is 0.588. The predicted octanol–water partition coefficient (Wildman–Crippen LogP) is 2.60. The van der Waals surface area contributed by atoms with Crippen molar-refractivity contribution >= 4 is 64.9 Å². The fourth-order valence-electron chi connectivity index (χ4n) is 3.66. The number of halogens is 3. The highest BCUT2D eigenvalue weighted by Gasteiger charge is 2.42. The van der Waals surface area contributed by atoms with Gasteiger partial charge < -0.3 is 20.9 Å². The van der Waals surface area contributed by atoms with Crippen LogP contribution in [0.4, 0.5) is 5.82 Å². The van der Waals surface area contributed by atoms with Crippen LogP contribution in [0.15, 0.2) is 17.3 Å². The second kappa shape index (κ2) is 9.97. The molecule has 10 heteroatoms. The molecule has 0 radical (unpaired) electrons. The number of likely N-dealkylation sites (tertiary alicyclic amines) is 1. The van der Waals surface area contributed by atoms with Crippen LogP contribution >= 0.6 is 47.2 Å². The Hall–Kier alpha value is -1.000. The minimum Gasteiger partial charge on any atom is -0.367 e. The Kier molecular flexibility index (Phi) is 8.23. The van der Waals surface area contributed by atoms with Crippen LogP contribution < -0.4 is 16.0 Å². The van der Waals surface area contributed by atoms with Gasteiger partial charge in [-0.15, -0.1) is 24.0 Å². The number of piperidine rings is 1. The molecule has 2 aliphatic heterocycles. The summed E-state index contributed by atoms with van der Waals surface area (Å²) in [7, 11) is 1.78. The highest BCUT2D eigenvalue weighted by molar-refractivity contribution is 14.0. The normalized spacial score (nSPS) is 22.4. The quantitative estimate of drug-likeness (QED) is 0.243. The summed E-state index contributed by atoms with van der Waals surface area (Å²) >= 11 is 12.0. The molecular weight excluding hydrogens is 502 g/mol. The lowest BCUT2D eigenvalue weighted by molar-refractivity contribution is -0.119. The molecule has 3 N–H and O–H groups in total. The van der Waals surface area contributed by atoms with Gasteiger partial charge in [-0.25, -0.2) is 4.98 Å². The standard InChI is InChI=1S/C17H24Cl2N6O.HI/c1-20-16(22-5-4-21-15-13(19)7-12(18)9-23-15)25-6-2-3-17(11-25)8-14(26)24-10-17;/h7,9H,2-6,8,10-11H2,1H3,(H,20,22)(H,21,23)(H,24,26);1H. The molecule has 1 aromatic heterocycles. The number of aliphatic imine (C=N–C) groups is 1. The summed E-state index contributed by atoms with van der Waals surface area (Å²) in [4.78, 5) is 22.5. The van der Waals surface area contributed by atoms with Crippen molar-refractivity contribution < 1.29 is 4.79 Å². The number of pyridine rings is 1. The molecule has 0 bridgehead atoms. The molecule has 3 heterocycles. The number of aromatic nitrogens is 1. The molecule has 1 amide bonds. The summed E-state index contributed by atoms with van der Waals surface area (Å²) in [5, 5.41) is 10.5. The number of nitrogens with zero attached hydrogens (tertiary/aromatic N) is 3. The van der Waals surface area contributed by atoms with Gasteiger partial charge in [0.1, 0.15) is 5.82 Å². The Bertz CT molecular complexity index is 704. The fourth-order valence-corrected chi connectivity index (χ4v) is 4.11. The van der Waals surface area contributed by atoms with E-state index in [4.69, 9.17) is 23.2 Å². The molecule has 0 saturated carbocycles. The Morgan fingerprint density at radius 3 is 2.93 bits per heavy atom. The van der Waals surface area contributed by atoms with Crippen LogP contribution in [0, 0.1) is 5.41 Å². The van der Waals surface area contributed by atoms with Crippen LogP contribution in [0.2, 0.25) is 10.0 Å². The van der Waals surface area contributed by atoms with Crippen molar-refractivity contribution in [3.05, 3.63) is 22.3 Å². The molecule has 1 aromatic rings. The first-order valence-electron chi connectivity index (χ1n) is 8.79. The van der Waals surface area contributed by atoms with Gasteiger partial charge in [-0.1, -0.05) is 23.2 Å². The Labute approximate surface area is 186 Å². The number of carbonyl (C=O) groups excluding carboxylic acids is 1. The van der Waals surface area contributed by atoms with E-state index in [9.17, 15) is 4.79 Å². The van der Waals surface area contributed by atoms with Crippen LogP contribution in [0.5, 0.6) is 0 Å². The maximum Gasteiger partial charge on any atom is 0.220 e. The largest absolute Gasteiger partial charge is 0.367 e. The Balaban J connectivity index is 0.00000261. The number of carbonyl (C=O) groups is 1. The second-order valence-corrected chi connectivity index (χ2v) is 7.71. The van der Waals surface area contributed by atoms with Crippen molar-refractivity contribution in [2.24, 2.45) is 10.4 Å². The van der Waals surface area contributed by atoms with E-state index in [1.54, 1.807) is 19.3 Å². The smallest absolute Gasteiger partial charge is 0.220 e. The van der Waals surface area contributed by atoms with Gasteiger partial charge in [0.2, 0.25) is 5.91 Å². The lowest BCUT2D eigenvalue weighted by atomic mass is 9.79. The molecule has 1 unspecified atom stereocenters. The SMILES string of the molecule is CN=C(NCCNc1ncc(Cl)cc1Cl)N1CCCC2(CNC(=O)C2)C1.I. The Morgan fingerprint density at radius 2 is 2.26 bits per heavy atom. The summed E-state index contributed by atoms with van der Waals surface area (Å²) < 4.78 is 0.